The molecule has 2 aliphatic rings. The Bertz CT molecular complexity index is 650. The van der Waals surface area contributed by atoms with Crippen LogP contribution in [-0.4, -0.2) is 29.9 Å². The van der Waals surface area contributed by atoms with Gasteiger partial charge in [0, 0.05) is 5.56 Å². The molecule has 0 aliphatic carbocycles. The molecule has 1 aromatic rings. The van der Waals surface area contributed by atoms with Crippen molar-refractivity contribution in [2.45, 2.75) is 18.7 Å². The molecule has 7 nitrogen and oxygen atoms in total. The number of benzene rings is 1. The Labute approximate surface area is 128 Å². The van der Waals surface area contributed by atoms with Crippen molar-refractivity contribution < 1.29 is 24.2 Å². The number of esters is 1. The fourth-order valence-corrected chi connectivity index (χ4v) is 3.41. The first-order valence-corrected chi connectivity index (χ1v) is 7.03. The predicted molar refractivity (Wildman–Crippen MR) is 74.8 cm³/mol. The Morgan fingerprint density at radius 1 is 1.52 bits per heavy atom. The van der Waals surface area contributed by atoms with Crippen molar-refractivity contribution in [1.82, 2.24) is 10.6 Å². The quantitative estimate of drug-likeness (QED) is 0.661. The first-order chi connectivity index (χ1) is 9.85. The van der Waals surface area contributed by atoms with Crippen LogP contribution >= 0.6 is 15.9 Å². The largest absolute Gasteiger partial charge is 0.508 e. The molecule has 2 bridgehead atoms. The third-order valence-corrected chi connectivity index (χ3v) is 4.33. The van der Waals surface area contributed by atoms with E-state index in [2.05, 4.69) is 26.6 Å². The second-order valence-electron chi connectivity index (χ2n) is 5.13. The van der Waals surface area contributed by atoms with E-state index < -0.39 is 29.7 Å². The zero-order valence-corrected chi connectivity index (χ0v) is 12.9. The van der Waals surface area contributed by atoms with E-state index in [4.69, 9.17) is 9.47 Å². The summed E-state index contributed by atoms with van der Waals surface area (Å²) in [5.41, 5.74) is -0.711. The molecule has 8 heteroatoms. The van der Waals surface area contributed by atoms with Gasteiger partial charge in [-0.15, -0.1) is 0 Å². The second kappa shape index (κ2) is 4.52. The van der Waals surface area contributed by atoms with Crippen molar-refractivity contribution in [3.05, 3.63) is 22.2 Å². The number of halogens is 1. The third kappa shape index (κ3) is 2.01. The number of methoxy groups -OCH3 is 1. The van der Waals surface area contributed by atoms with Gasteiger partial charge in [0.1, 0.15) is 17.4 Å². The fraction of sp³-hybridized carbons (Fsp3) is 0.385. The van der Waals surface area contributed by atoms with Crippen LogP contribution in [0.4, 0.5) is 4.79 Å². The summed E-state index contributed by atoms with van der Waals surface area (Å²) >= 11 is 3.31. The van der Waals surface area contributed by atoms with Crippen LogP contribution in [0.25, 0.3) is 0 Å². The number of phenols is 1. The van der Waals surface area contributed by atoms with Crippen LogP contribution < -0.4 is 15.4 Å². The van der Waals surface area contributed by atoms with Crippen LogP contribution in [0.2, 0.25) is 0 Å². The Kier molecular flexibility index (Phi) is 3.01. The molecule has 3 rings (SSSR count). The summed E-state index contributed by atoms with van der Waals surface area (Å²) in [7, 11) is 1.27. The number of hydrogen-bond acceptors (Lipinski definition) is 5. The molecule has 0 aromatic heterocycles. The van der Waals surface area contributed by atoms with Gasteiger partial charge in [-0.25, -0.2) is 4.79 Å². The lowest BCUT2D eigenvalue weighted by Gasteiger charge is -2.49. The minimum Gasteiger partial charge on any atom is -0.508 e. The topological polar surface area (TPSA) is 96.9 Å². The van der Waals surface area contributed by atoms with Crippen molar-refractivity contribution in [3.8, 4) is 11.5 Å². The molecule has 0 radical (unpaired) electrons. The number of hydrogen-bond donors (Lipinski definition) is 3. The van der Waals surface area contributed by atoms with Crippen LogP contribution in [0, 0.1) is 5.92 Å². The number of nitrogens with one attached hydrogen (secondary N) is 2. The summed E-state index contributed by atoms with van der Waals surface area (Å²) in [6.45, 7) is 1.61. The van der Waals surface area contributed by atoms with Crippen LogP contribution in [-0.2, 0) is 9.53 Å². The predicted octanol–water partition coefficient (Wildman–Crippen LogP) is 1.41. The number of urea groups is 1. The standard InChI is InChI=1S/C13H13BrN2O5/c1-13-8(11(18)20-2)9(15-12(19)16-13)6-3-5(17)4-7(14)10(6)21-13/h3-4,8-9,17H,1-2H3,(H2,15,16,19). The first-order valence-electron chi connectivity index (χ1n) is 6.23. The van der Waals surface area contributed by atoms with Crippen LogP contribution in [0.5, 0.6) is 11.5 Å². The molecule has 1 fully saturated rings. The highest BCUT2D eigenvalue weighted by Gasteiger charge is 2.56. The monoisotopic (exact) mass is 356 g/mol. The third-order valence-electron chi connectivity index (χ3n) is 3.74. The highest BCUT2D eigenvalue weighted by molar-refractivity contribution is 9.10. The van der Waals surface area contributed by atoms with Gasteiger partial charge in [0.25, 0.3) is 0 Å². The van der Waals surface area contributed by atoms with Crippen molar-refractivity contribution in [2.75, 3.05) is 7.11 Å². The molecule has 3 N–H and O–H groups in total. The Morgan fingerprint density at radius 2 is 2.24 bits per heavy atom. The lowest BCUT2D eigenvalue weighted by atomic mass is 9.80. The zero-order valence-electron chi connectivity index (χ0n) is 11.3. The van der Waals surface area contributed by atoms with Crippen LogP contribution in [0.3, 0.4) is 0 Å². The number of phenolic OH excluding ortho intramolecular Hbond substituents is 1. The van der Waals surface area contributed by atoms with Gasteiger partial charge in [-0.1, -0.05) is 0 Å². The molecule has 2 amide bonds. The molecule has 2 heterocycles. The minimum absolute atomic E-state index is 0.00391. The average Bonchev–Trinajstić information content (AvgIpc) is 2.38. The molecule has 1 aromatic carbocycles. The summed E-state index contributed by atoms with van der Waals surface area (Å²) in [6, 6.07) is 1.85. The van der Waals surface area contributed by atoms with E-state index in [1.54, 1.807) is 6.92 Å². The average molecular weight is 357 g/mol. The molecule has 112 valence electrons. The maximum absolute atomic E-state index is 12.1. The summed E-state index contributed by atoms with van der Waals surface area (Å²) in [5, 5.41) is 15.1. The normalized spacial score (nSPS) is 29.6. The number of fused-ring (bicyclic) bond motifs is 4. The lowest BCUT2D eigenvalue weighted by Crippen LogP contribution is -2.70. The van der Waals surface area contributed by atoms with E-state index in [9.17, 15) is 14.7 Å². The second-order valence-corrected chi connectivity index (χ2v) is 5.99. The van der Waals surface area contributed by atoms with Gasteiger partial charge < -0.3 is 19.9 Å². The molecule has 2 aliphatic heterocycles. The smallest absolute Gasteiger partial charge is 0.318 e. The van der Waals surface area contributed by atoms with E-state index >= 15 is 0 Å². The molecule has 3 unspecified atom stereocenters. The summed E-state index contributed by atoms with van der Waals surface area (Å²) < 4.78 is 11.2. The number of amides is 2. The van der Waals surface area contributed by atoms with Crippen molar-refractivity contribution in [2.24, 2.45) is 5.92 Å². The van der Waals surface area contributed by atoms with Gasteiger partial charge in [0.05, 0.1) is 17.6 Å². The maximum Gasteiger partial charge on any atom is 0.318 e. The summed E-state index contributed by atoms with van der Waals surface area (Å²) in [5.74, 6) is -0.821. The highest BCUT2D eigenvalue weighted by atomic mass is 79.9. The Morgan fingerprint density at radius 3 is 2.90 bits per heavy atom. The van der Waals surface area contributed by atoms with Gasteiger partial charge >= 0.3 is 12.0 Å². The lowest BCUT2D eigenvalue weighted by molar-refractivity contribution is -0.160. The van der Waals surface area contributed by atoms with E-state index in [1.165, 1.54) is 19.2 Å². The van der Waals surface area contributed by atoms with E-state index in [1.807, 2.05) is 0 Å². The van der Waals surface area contributed by atoms with Crippen LogP contribution in [0.15, 0.2) is 16.6 Å². The number of carbonyl (C=O) groups is 2. The number of aromatic hydroxyl groups is 1. The molecular weight excluding hydrogens is 344 g/mol. The minimum atomic E-state index is -1.23. The summed E-state index contributed by atoms with van der Waals surface area (Å²) in [6.07, 6.45) is 0. The van der Waals surface area contributed by atoms with Gasteiger partial charge in [-0.05, 0) is 35.0 Å². The molecule has 0 saturated carbocycles. The molecule has 0 spiro atoms. The van der Waals surface area contributed by atoms with Crippen molar-refractivity contribution >= 4 is 27.9 Å². The summed E-state index contributed by atoms with van der Waals surface area (Å²) in [4.78, 5) is 23.9. The fourth-order valence-electron chi connectivity index (χ4n) is 2.87. The zero-order chi connectivity index (χ0) is 15.4. The first kappa shape index (κ1) is 14.0. The number of carbonyl (C=O) groups excluding carboxylic acids is 2. The van der Waals surface area contributed by atoms with Gasteiger partial charge in [-0.2, -0.15) is 0 Å². The van der Waals surface area contributed by atoms with Crippen molar-refractivity contribution in [1.29, 1.82) is 0 Å². The molecular formula is C13H13BrN2O5. The van der Waals surface area contributed by atoms with Crippen LogP contribution in [0.1, 0.15) is 18.5 Å². The van der Waals surface area contributed by atoms with E-state index in [-0.39, 0.29) is 5.75 Å². The van der Waals surface area contributed by atoms with Gasteiger partial charge in [-0.3, -0.25) is 10.1 Å². The number of ether oxygens (including phenoxy) is 2. The van der Waals surface area contributed by atoms with Gasteiger partial charge in [0.2, 0.25) is 0 Å². The number of rotatable bonds is 1. The molecule has 1 saturated heterocycles. The molecule has 3 atom stereocenters. The molecule has 21 heavy (non-hydrogen) atoms. The SMILES string of the molecule is COC(=O)C1C2NC(=O)NC1(C)Oc1c(Br)cc(O)cc12. The van der Waals surface area contributed by atoms with E-state index in [0.29, 0.717) is 15.8 Å². The maximum atomic E-state index is 12.1. The highest BCUT2D eigenvalue weighted by Crippen LogP contribution is 2.49. The van der Waals surface area contributed by atoms with E-state index in [0.717, 1.165) is 0 Å². The van der Waals surface area contributed by atoms with Crippen molar-refractivity contribution in [3.63, 3.8) is 0 Å². The van der Waals surface area contributed by atoms with Gasteiger partial charge in [0.15, 0.2) is 5.72 Å². The Balaban J connectivity index is 2.20. The Hall–Kier alpha value is -1.96.